The molecule has 2 heterocycles. The lowest BCUT2D eigenvalue weighted by Crippen LogP contribution is -2.11. The van der Waals surface area contributed by atoms with Crippen molar-refractivity contribution in [2.24, 2.45) is 0 Å². The van der Waals surface area contributed by atoms with Gasteiger partial charge in [0, 0.05) is 16.2 Å². The van der Waals surface area contributed by atoms with Gasteiger partial charge in [0.1, 0.15) is 18.5 Å². The van der Waals surface area contributed by atoms with Crippen LogP contribution in [0.25, 0.3) is 32.3 Å². The predicted octanol–water partition coefficient (Wildman–Crippen LogP) is 5.77. The van der Waals surface area contributed by atoms with E-state index in [0.717, 1.165) is 44.0 Å². The van der Waals surface area contributed by atoms with Crippen LogP contribution in [0.15, 0.2) is 86.0 Å². The van der Waals surface area contributed by atoms with Crippen LogP contribution in [-0.2, 0) is 0 Å². The standard InChI is InChI=1S/C24H14FN5/c25-21-7-3-15-2-6-20-22(8-4-16-1-5-19(21)23(15)24(16)20)30(17-9-26-13-27-10-17)18-11-28-14-29-12-18/h1-14H. The Labute approximate surface area is 170 Å². The summed E-state index contributed by atoms with van der Waals surface area (Å²) in [4.78, 5) is 18.8. The molecule has 0 amide bonds. The topological polar surface area (TPSA) is 54.8 Å². The highest BCUT2D eigenvalue weighted by molar-refractivity contribution is 6.25. The van der Waals surface area contributed by atoms with E-state index in [0.29, 0.717) is 5.39 Å². The lowest BCUT2D eigenvalue weighted by Gasteiger charge is -2.26. The van der Waals surface area contributed by atoms with Gasteiger partial charge in [0.2, 0.25) is 0 Å². The summed E-state index contributed by atoms with van der Waals surface area (Å²) in [5, 5.41) is 5.66. The van der Waals surface area contributed by atoms with Crippen molar-refractivity contribution >= 4 is 49.4 Å². The van der Waals surface area contributed by atoms with E-state index in [-0.39, 0.29) is 5.82 Å². The van der Waals surface area contributed by atoms with Crippen LogP contribution in [0.1, 0.15) is 0 Å². The lowest BCUT2D eigenvalue weighted by atomic mass is 9.93. The second kappa shape index (κ2) is 6.42. The SMILES string of the molecule is Fc1ccc2ccc3c(N(c4cncnc4)c4cncnc4)ccc4ccc1c2c43. The predicted molar refractivity (Wildman–Crippen MR) is 116 cm³/mol. The number of halogens is 1. The molecule has 142 valence electrons. The van der Waals surface area contributed by atoms with Crippen molar-refractivity contribution in [2.75, 3.05) is 4.90 Å². The first-order valence-corrected chi connectivity index (χ1v) is 9.47. The summed E-state index contributed by atoms with van der Waals surface area (Å²) in [5.41, 5.74) is 2.49. The summed E-state index contributed by atoms with van der Waals surface area (Å²) in [5.74, 6) is -0.216. The highest BCUT2D eigenvalue weighted by atomic mass is 19.1. The Morgan fingerprint density at radius 2 is 1.07 bits per heavy atom. The molecule has 2 aromatic heterocycles. The van der Waals surface area contributed by atoms with Gasteiger partial charge in [-0.25, -0.2) is 24.3 Å². The Morgan fingerprint density at radius 1 is 0.567 bits per heavy atom. The second-order valence-corrected chi connectivity index (χ2v) is 7.08. The Kier molecular flexibility index (Phi) is 3.58. The number of hydrogen-bond donors (Lipinski definition) is 0. The van der Waals surface area contributed by atoms with Crippen LogP contribution in [-0.4, -0.2) is 19.9 Å². The van der Waals surface area contributed by atoms with Crippen molar-refractivity contribution < 1.29 is 4.39 Å². The summed E-state index contributed by atoms with van der Waals surface area (Å²) in [6, 6.07) is 15.4. The summed E-state index contributed by atoms with van der Waals surface area (Å²) < 4.78 is 14.6. The van der Waals surface area contributed by atoms with Crippen LogP contribution in [0.2, 0.25) is 0 Å². The minimum absolute atomic E-state index is 0.216. The van der Waals surface area contributed by atoms with Crippen molar-refractivity contribution in [2.45, 2.75) is 0 Å². The molecule has 5 nitrogen and oxygen atoms in total. The molecule has 0 N–H and O–H groups in total. The quantitative estimate of drug-likeness (QED) is 0.358. The molecule has 0 saturated heterocycles. The van der Waals surface area contributed by atoms with E-state index >= 15 is 0 Å². The Bertz CT molecular complexity index is 1460. The lowest BCUT2D eigenvalue weighted by molar-refractivity contribution is 0.640. The van der Waals surface area contributed by atoms with Crippen molar-refractivity contribution in [1.82, 2.24) is 19.9 Å². The number of rotatable bonds is 3. The van der Waals surface area contributed by atoms with Gasteiger partial charge < -0.3 is 4.90 Å². The number of hydrogen-bond acceptors (Lipinski definition) is 5. The first-order chi connectivity index (χ1) is 14.8. The average Bonchev–Trinajstić information content (AvgIpc) is 2.81. The zero-order chi connectivity index (χ0) is 20.1. The van der Waals surface area contributed by atoms with Gasteiger partial charge in [-0.15, -0.1) is 0 Å². The number of anilines is 3. The number of nitrogens with zero attached hydrogens (tertiary/aromatic N) is 5. The van der Waals surface area contributed by atoms with Crippen LogP contribution >= 0.6 is 0 Å². The van der Waals surface area contributed by atoms with Gasteiger partial charge in [0.15, 0.2) is 0 Å². The highest BCUT2D eigenvalue weighted by Gasteiger charge is 2.19. The number of aromatic nitrogens is 4. The average molecular weight is 391 g/mol. The molecule has 6 rings (SSSR count). The first-order valence-electron chi connectivity index (χ1n) is 9.47. The molecule has 0 aliphatic rings. The molecule has 30 heavy (non-hydrogen) atoms. The molecule has 4 aromatic carbocycles. The maximum atomic E-state index is 14.6. The fourth-order valence-electron chi connectivity index (χ4n) is 4.19. The third kappa shape index (κ3) is 2.40. The normalized spacial score (nSPS) is 11.5. The zero-order valence-corrected chi connectivity index (χ0v) is 15.7. The van der Waals surface area contributed by atoms with Gasteiger partial charge in [-0.05, 0) is 28.3 Å². The van der Waals surface area contributed by atoms with E-state index in [1.807, 2.05) is 29.2 Å². The Morgan fingerprint density at radius 3 is 1.70 bits per heavy atom. The zero-order valence-electron chi connectivity index (χ0n) is 15.7. The van der Waals surface area contributed by atoms with Crippen molar-refractivity contribution in [3.63, 3.8) is 0 Å². The largest absolute Gasteiger partial charge is 0.304 e. The first kappa shape index (κ1) is 16.7. The molecule has 0 radical (unpaired) electrons. The van der Waals surface area contributed by atoms with Crippen molar-refractivity contribution in [3.8, 4) is 0 Å². The van der Waals surface area contributed by atoms with Gasteiger partial charge in [0.05, 0.1) is 41.8 Å². The fraction of sp³-hybridized carbons (Fsp3) is 0. The van der Waals surface area contributed by atoms with Gasteiger partial charge in [-0.1, -0.05) is 36.4 Å². The Hall–Kier alpha value is -4.19. The molecule has 6 aromatic rings. The summed E-state index contributed by atoms with van der Waals surface area (Å²) in [7, 11) is 0. The van der Waals surface area contributed by atoms with Gasteiger partial charge in [-0.2, -0.15) is 0 Å². The fourth-order valence-corrected chi connectivity index (χ4v) is 4.19. The van der Waals surface area contributed by atoms with Crippen LogP contribution in [0.4, 0.5) is 21.5 Å². The van der Waals surface area contributed by atoms with Crippen molar-refractivity contribution in [1.29, 1.82) is 0 Å². The molecule has 0 aliphatic heterocycles. The van der Waals surface area contributed by atoms with E-state index < -0.39 is 0 Å². The van der Waals surface area contributed by atoms with Crippen LogP contribution in [0, 0.1) is 5.82 Å². The molecule has 0 unspecified atom stereocenters. The van der Waals surface area contributed by atoms with Crippen LogP contribution in [0.3, 0.4) is 0 Å². The minimum atomic E-state index is -0.216. The van der Waals surface area contributed by atoms with Gasteiger partial charge in [0.25, 0.3) is 0 Å². The number of benzene rings is 4. The third-order valence-corrected chi connectivity index (χ3v) is 5.44. The smallest absolute Gasteiger partial charge is 0.131 e. The third-order valence-electron chi connectivity index (χ3n) is 5.44. The highest BCUT2D eigenvalue weighted by Crippen LogP contribution is 2.43. The Balaban J connectivity index is 1.73. The maximum Gasteiger partial charge on any atom is 0.131 e. The maximum absolute atomic E-state index is 14.6. The summed E-state index contributed by atoms with van der Waals surface area (Å²) >= 11 is 0. The monoisotopic (exact) mass is 391 g/mol. The molecular weight excluding hydrogens is 377 g/mol. The van der Waals surface area contributed by atoms with Crippen LogP contribution < -0.4 is 4.90 Å². The minimum Gasteiger partial charge on any atom is -0.304 e. The van der Waals surface area contributed by atoms with Crippen molar-refractivity contribution in [3.05, 3.63) is 91.8 Å². The van der Waals surface area contributed by atoms with E-state index in [1.54, 1.807) is 24.8 Å². The van der Waals surface area contributed by atoms with Gasteiger partial charge >= 0.3 is 0 Å². The second-order valence-electron chi connectivity index (χ2n) is 7.08. The molecule has 0 saturated carbocycles. The van der Waals surface area contributed by atoms with Crippen LogP contribution in [0.5, 0.6) is 0 Å². The van der Waals surface area contributed by atoms with E-state index in [2.05, 4.69) is 38.1 Å². The van der Waals surface area contributed by atoms with E-state index in [4.69, 9.17) is 0 Å². The molecule has 6 heteroatoms. The van der Waals surface area contributed by atoms with E-state index in [1.165, 1.54) is 18.7 Å². The van der Waals surface area contributed by atoms with Gasteiger partial charge in [-0.3, -0.25) is 0 Å². The molecule has 0 atom stereocenters. The molecule has 0 fully saturated rings. The molecule has 0 aliphatic carbocycles. The molecule has 0 spiro atoms. The molecule has 0 bridgehead atoms. The molecular formula is C24H14FN5. The van der Waals surface area contributed by atoms with E-state index in [9.17, 15) is 4.39 Å². The summed E-state index contributed by atoms with van der Waals surface area (Å²) in [6.45, 7) is 0. The summed E-state index contributed by atoms with van der Waals surface area (Å²) in [6.07, 6.45) is 9.98.